The predicted molar refractivity (Wildman–Crippen MR) is 127 cm³/mol. The summed E-state index contributed by atoms with van der Waals surface area (Å²) in [5, 5.41) is 2.89. The Morgan fingerprint density at radius 1 is 0.939 bits per heavy atom. The van der Waals surface area contributed by atoms with Gasteiger partial charge in [0.25, 0.3) is 11.8 Å². The Morgan fingerprint density at radius 3 is 2.42 bits per heavy atom. The average molecular weight is 461 g/mol. The highest BCUT2D eigenvalue weighted by Crippen LogP contribution is 2.25. The number of carbonyl (C=O) groups is 3. The van der Waals surface area contributed by atoms with Crippen LogP contribution >= 0.6 is 11.6 Å². The monoisotopic (exact) mass is 460 g/mol. The first-order chi connectivity index (χ1) is 15.8. The summed E-state index contributed by atoms with van der Waals surface area (Å²) in [6.45, 7) is 4.17. The topological polar surface area (TPSA) is 75.7 Å². The largest absolute Gasteiger partial charge is 0.489 e. The van der Waals surface area contributed by atoms with Crippen molar-refractivity contribution in [1.82, 2.24) is 5.32 Å². The van der Waals surface area contributed by atoms with Crippen molar-refractivity contribution in [2.24, 2.45) is 0 Å². The minimum Gasteiger partial charge on any atom is -0.489 e. The molecule has 7 heteroatoms. The summed E-state index contributed by atoms with van der Waals surface area (Å²) in [5.74, 6) is -0.845. The van der Waals surface area contributed by atoms with Gasteiger partial charge < -0.3 is 4.74 Å². The van der Waals surface area contributed by atoms with Crippen LogP contribution in [0.1, 0.15) is 22.3 Å². The maximum atomic E-state index is 13.1. The lowest BCUT2D eigenvalue weighted by Crippen LogP contribution is -2.54. The van der Waals surface area contributed by atoms with Gasteiger partial charge in [-0.25, -0.2) is 9.69 Å². The third kappa shape index (κ3) is 4.96. The Kier molecular flexibility index (Phi) is 6.29. The van der Waals surface area contributed by atoms with Crippen LogP contribution in [0.25, 0.3) is 6.08 Å². The Balaban J connectivity index is 1.58. The van der Waals surface area contributed by atoms with E-state index in [1.807, 2.05) is 32.0 Å². The number of imide groups is 2. The molecule has 1 fully saturated rings. The first-order valence-electron chi connectivity index (χ1n) is 10.3. The number of aryl methyl sites for hydroxylation is 2. The van der Waals surface area contributed by atoms with Crippen LogP contribution in [0.5, 0.6) is 5.75 Å². The van der Waals surface area contributed by atoms with E-state index in [-0.39, 0.29) is 5.57 Å². The molecule has 166 valence electrons. The highest BCUT2D eigenvalue weighted by molar-refractivity contribution is 6.39. The molecule has 0 aliphatic carbocycles. The van der Waals surface area contributed by atoms with Crippen LogP contribution in [0.2, 0.25) is 5.02 Å². The SMILES string of the molecule is Cc1ccc(N2C(=O)NC(=O)/C(=C/c3cccc(OCc4ccc(Cl)cc4)c3)C2=O)cc1C. The number of carbonyl (C=O) groups excluding carboxylic acids is 3. The molecule has 1 saturated heterocycles. The molecule has 4 amide bonds. The van der Waals surface area contributed by atoms with Gasteiger partial charge in [-0.2, -0.15) is 0 Å². The van der Waals surface area contributed by atoms with Crippen LogP contribution in [0.3, 0.4) is 0 Å². The lowest BCUT2D eigenvalue weighted by molar-refractivity contribution is -0.122. The highest BCUT2D eigenvalue weighted by Gasteiger charge is 2.36. The molecule has 3 aromatic carbocycles. The molecule has 1 aliphatic heterocycles. The van der Waals surface area contributed by atoms with E-state index in [0.29, 0.717) is 28.6 Å². The number of anilines is 1. The lowest BCUT2D eigenvalue weighted by Gasteiger charge is -2.26. The van der Waals surface area contributed by atoms with Gasteiger partial charge in [0.1, 0.15) is 17.9 Å². The van der Waals surface area contributed by atoms with Crippen molar-refractivity contribution in [3.63, 3.8) is 0 Å². The van der Waals surface area contributed by atoms with Crippen LogP contribution in [0, 0.1) is 13.8 Å². The van der Waals surface area contributed by atoms with E-state index in [1.165, 1.54) is 6.08 Å². The zero-order valence-electron chi connectivity index (χ0n) is 18.1. The molecule has 1 heterocycles. The number of benzene rings is 3. The average Bonchev–Trinajstić information content (AvgIpc) is 2.79. The molecular weight excluding hydrogens is 440 g/mol. The summed E-state index contributed by atoms with van der Waals surface area (Å²) in [5.41, 5.74) is 3.78. The second-order valence-electron chi connectivity index (χ2n) is 7.71. The third-order valence-electron chi connectivity index (χ3n) is 5.34. The minimum atomic E-state index is -0.773. The number of nitrogens with zero attached hydrogens (tertiary/aromatic N) is 1. The van der Waals surface area contributed by atoms with E-state index in [9.17, 15) is 14.4 Å². The first kappa shape index (κ1) is 22.3. The van der Waals surface area contributed by atoms with E-state index < -0.39 is 17.8 Å². The molecule has 1 N–H and O–H groups in total. The van der Waals surface area contributed by atoms with Crippen LogP contribution in [-0.2, 0) is 16.2 Å². The molecule has 1 aliphatic rings. The van der Waals surface area contributed by atoms with Crippen molar-refractivity contribution in [1.29, 1.82) is 0 Å². The number of ether oxygens (including phenoxy) is 1. The van der Waals surface area contributed by atoms with E-state index >= 15 is 0 Å². The van der Waals surface area contributed by atoms with Gasteiger partial charge in [-0.3, -0.25) is 14.9 Å². The Bertz CT molecular complexity index is 1280. The number of rotatable bonds is 5. The summed E-state index contributed by atoms with van der Waals surface area (Å²) >= 11 is 5.91. The van der Waals surface area contributed by atoms with E-state index in [0.717, 1.165) is 21.6 Å². The number of nitrogens with one attached hydrogen (secondary N) is 1. The summed E-state index contributed by atoms with van der Waals surface area (Å²) in [7, 11) is 0. The van der Waals surface area contributed by atoms with Crippen LogP contribution in [-0.4, -0.2) is 17.8 Å². The number of halogens is 1. The fourth-order valence-corrected chi connectivity index (χ4v) is 3.49. The van der Waals surface area contributed by atoms with Crippen molar-refractivity contribution in [2.45, 2.75) is 20.5 Å². The Morgan fingerprint density at radius 2 is 1.70 bits per heavy atom. The molecule has 0 radical (unpaired) electrons. The Hall–Kier alpha value is -3.90. The summed E-state index contributed by atoms with van der Waals surface area (Å²) in [4.78, 5) is 39.0. The zero-order chi connectivity index (χ0) is 23.5. The molecule has 33 heavy (non-hydrogen) atoms. The van der Waals surface area contributed by atoms with Crippen LogP contribution in [0.4, 0.5) is 10.5 Å². The summed E-state index contributed by atoms with van der Waals surface area (Å²) < 4.78 is 5.82. The molecule has 0 spiro atoms. The molecule has 0 saturated carbocycles. The third-order valence-corrected chi connectivity index (χ3v) is 5.59. The maximum Gasteiger partial charge on any atom is 0.335 e. The van der Waals surface area contributed by atoms with Gasteiger partial charge in [0.15, 0.2) is 0 Å². The van der Waals surface area contributed by atoms with Gasteiger partial charge in [0.05, 0.1) is 5.69 Å². The van der Waals surface area contributed by atoms with Gasteiger partial charge in [0.2, 0.25) is 0 Å². The predicted octanol–water partition coefficient (Wildman–Crippen LogP) is 5.20. The fraction of sp³-hybridized carbons (Fsp3) is 0.115. The van der Waals surface area contributed by atoms with Gasteiger partial charge in [-0.05, 0) is 78.6 Å². The van der Waals surface area contributed by atoms with Gasteiger partial charge >= 0.3 is 6.03 Å². The van der Waals surface area contributed by atoms with Crippen molar-refractivity contribution >= 4 is 41.2 Å². The molecule has 4 rings (SSSR count). The maximum absolute atomic E-state index is 13.1. The number of hydrogen-bond donors (Lipinski definition) is 1. The normalized spacial score (nSPS) is 15.1. The summed E-state index contributed by atoms with van der Waals surface area (Å²) in [6, 6.07) is 18.8. The summed E-state index contributed by atoms with van der Waals surface area (Å²) in [6.07, 6.45) is 1.45. The van der Waals surface area contributed by atoms with Gasteiger partial charge in [-0.1, -0.05) is 41.9 Å². The zero-order valence-corrected chi connectivity index (χ0v) is 18.8. The fourth-order valence-electron chi connectivity index (χ4n) is 3.36. The van der Waals surface area contributed by atoms with Crippen LogP contribution in [0.15, 0.2) is 72.3 Å². The van der Waals surface area contributed by atoms with E-state index in [4.69, 9.17) is 16.3 Å². The number of barbiturate groups is 1. The molecule has 0 aromatic heterocycles. The molecular formula is C26H21ClN2O4. The minimum absolute atomic E-state index is 0.136. The second kappa shape index (κ2) is 9.30. The second-order valence-corrected chi connectivity index (χ2v) is 8.15. The molecule has 0 unspecified atom stereocenters. The number of urea groups is 1. The van der Waals surface area contributed by atoms with E-state index in [2.05, 4.69) is 5.32 Å². The van der Waals surface area contributed by atoms with Crippen molar-refractivity contribution < 1.29 is 19.1 Å². The number of hydrogen-bond acceptors (Lipinski definition) is 4. The van der Waals surface area contributed by atoms with Crippen molar-refractivity contribution in [3.05, 3.63) is 99.6 Å². The Labute approximate surface area is 196 Å². The molecule has 0 bridgehead atoms. The standard InChI is InChI=1S/C26H21ClN2O4/c1-16-6-11-21(12-17(16)2)29-25(31)23(24(30)28-26(29)32)14-19-4-3-5-22(13-19)33-15-18-7-9-20(27)10-8-18/h3-14H,15H2,1-2H3,(H,28,30,32)/b23-14-. The molecule has 3 aromatic rings. The lowest BCUT2D eigenvalue weighted by atomic mass is 10.0. The highest BCUT2D eigenvalue weighted by atomic mass is 35.5. The first-order valence-corrected chi connectivity index (χ1v) is 10.7. The number of amides is 4. The molecule has 6 nitrogen and oxygen atoms in total. The quantitative estimate of drug-likeness (QED) is 0.419. The molecule has 0 atom stereocenters. The van der Waals surface area contributed by atoms with Gasteiger partial charge in [0, 0.05) is 5.02 Å². The van der Waals surface area contributed by atoms with Crippen LogP contribution < -0.4 is 15.0 Å². The van der Waals surface area contributed by atoms with Crippen molar-refractivity contribution in [3.8, 4) is 5.75 Å². The van der Waals surface area contributed by atoms with Crippen molar-refractivity contribution in [2.75, 3.05) is 4.90 Å². The van der Waals surface area contributed by atoms with E-state index in [1.54, 1.807) is 48.5 Å². The van der Waals surface area contributed by atoms with Gasteiger partial charge in [-0.15, -0.1) is 0 Å². The smallest absolute Gasteiger partial charge is 0.335 e.